The summed E-state index contributed by atoms with van der Waals surface area (Å²) in [6.45, 7) is 0. The van der Waals surface area contributed by atoms with E-state index in [1.54, 1.807) is 29.9 Å². The Morgan fingerprint density at radius 1 is 1.47 bits per heavy atom. The molecule has 6 heteroatoms. The van der Waals surface area contributed by atoms with Crippen LogP contribution in [0.25, 0.3) is 11.3 Å². The minimum atomic E-state index is 0.425. The molecule has 0 bridgehead atoms. The van der Waals surface area contributed by atoms with E-state index in [1.165, 1.54) is 0 Å². The molecule has 17 heavy (non-hydrogen) atoms. The Kier molecular flexibility index (Phi) is 3.31. The first-order valence-electron chi connectivity index (χ1n) is 4.86. The molecule has 0 unspecified atom stereocenters. The summed E-state index contributed by atoms with van der Waals surface area (Å²) < 4.78 is 7.82. The van der Waals surface area contributed by atoms with Crippen molar-refractivity contribution >= 4 is 33.5 Å². The molecule has 2 N–H and O–H groups in total. The van der Waals surface area contributed by atoms with Gasteiger partial charge in [0.05, 0.1) is 7.11 Å². The lowest BCUT2D eigenvalue weighted by molar-refractivity contribution is 0.416. The van der Waals surface area contributed by atoms with Gasteiger partial charge in [0, 0.05) is 17.6 Å². The molecule has 0 spiro atoms. The number of methoxy groups -OCH3 is 1. The molecule has 0 saturated carbocycles. The van der Waals surface area contributed by atoms with Gasteiger partial charge >= 0.3 is 0 Å². The maximum Gasteiger partial charge on any atom is 0.201 e. The number of benzene rings is 1. The van der Waals surface area contributed by atoms with E-state index in [-0.39, 0.29) is 0 Å². The Bertz CT molecular complexity index is 568. The van der Waals surface area contributed by atoms with Crippen LogP contribution in [0.15, 0.2) is 22.8 Å². The maximum atomic E-state index is 5.99. The third-order valence-electron chi connectivity index (χ3n) is 2.48. The van der Waals surface area contributed by atoms with E-state index in [1.807, 2.05) is 7.05 Å². The number of rotatable bonds is 2. The zero-order chi connectivity index (χ0) is 12.6. The van der Waals surface area contributed by atoms with Gasteiger partial charge in [0.15, 0.2) is 0 Å². The van der Waals surface area contributed by atoms with E-state index in [9.17, 15) is 0 Å². The lowest BCUT2D eigenvalue weighted by Gasteiger charge is -2.07. The van der Waals surface area contributed by atoms with Gasteiger partial charge in [-0.3, -0.25) is 0 Å². The zero-order valence-electron chi connectivity index (χ0n) is 9.37. The molecule has 0 saturated heterocycles. The molecule has 0 radical (unpaired) electrons. The first kappa shape index (κ1) is 12.3. The molecular weight excluding hydrogens is 305 g/mol. The Balaban J connectivity index is 2.67. The summed E-state index contributed by atoms with van der Waals surface area (Å²) in [6, 6.07) is 5.37. The second-order valence-corrected chi connectivity index (χ2v) is 4.70. The predicted molar refractivity (Wildman–Crippen MR) is 72.3 cm³/mol. The van der Waals surface area contributed by atoms with Crippen molar-refractivity contribution in [3.05, 3.63) is 27.8 Å². The second-order valence-electron chi connectivity index (χ2n) is 3.51. The van der Waals surface area contributed by atoms with Crippen molar-refractivity contribution in [1.82, 2.24) is 9.55 Å². The molecule has 2 aromatic rings. The Hall–Kier alpha value is -1.20. The molecule has 1 aromatic carbocycles. The van der Waals surface area contributed by atoms with E-state index >= 15 is 0 Å². The van der Waals surface area contributed by atoms with Crippen LogP contribution < -0.4 is 10.5 Å². The topological polar surface area (TPSA) is 53.1 Å². The molecule has 0 aliphatic carbocycles. The summed E-state index contributed by atoms with van der Waals surface area (Å²) in [7, 11) is 3.43. The van der Waals surface area contributed by atoms with Gasteiger partial charge in [-0.2, -0.15) is 0 Å². The number of nitrogens with zero attached hydrogens (tertiary/aromatic N) is 2. The summed E-state index contributed by atoms with van der Waals surface area (Å²) in [6.07, 6.45) is 0. The standard InChI is InChI=1S/C11H11BrClN3O/c1-16-10(12)9(15-11(16)14)7-5-6(13)3-4-8(7)17-2/h3-5H,1-2H3,(H2,14,15). The number of anilines is 1. The van der Waals surface area contributed by atoms with Crippen molar-refractivity contribution < 1.29 is 4.74 Å². The summed E-state index contributed by atoms with van der Waals surface area (Å²) in [5, 5.41) is 0.622. The van der Waals surface area contributed by atoms with Crippen LogP contribution >= 0.6 is 27.5 Å². The first-order valence-corrected chi connectivity index (χ1v) is 6.03. The number of nitrogens with two attached hydrogens (primary N) is 1. The number of hydrogen-bond donors (Lipinski definition) is 1. The fourth-order valence-corrected chi connectivity index (χ4v) is 2.19. The van der Waals surface area contributed by atoms with Crippen molar-refractivity contribution in [3.63, 3.8) is 0 Å². The average molecular weight is 317 g/mol. The van der Waals surface area contributed by atoms with Crippen LogP contribution in [0.1, 0.15) is 0 Å². The molecule has 0 fully saturated rings. The molecule has 4 nitrogen and oxygen atoms in total. The van der Waals surface area contributed by atoms with Crippen LogP contribution in [0.3, 0.4) is 0 Å². The highest BCUT2D eigenvalue weighted by Crippen LogP contribution is 2.36. The van der Waals surface area contributed by atoms with E-state index in [2.05, 4.69) is 20.9 Å². The summed E-state index contributed by atoms with van der Waals surface area (Å²) in [5.41, 5.74) is 7.27. The fraction of sp³-hybridized carbons (Fsp3) is 0.182. The third-order valence-corrected chi connectivity index (χ3v) is 3.62. The number of ether oxygens (including phenoxy) is 1. The van der Waals surface area contributed by atoms with Crippen molar-refractivity contribution in [3.8, 4) is 17.0 Å². The van der Waals surface area contributed by atoms with Crippen molar-refractivity contribution in [2.24, 2.45) is 7.05 Å². The molecule has 0 amide bonds. The second kappa shape index (κ2) is 4.58. The van der Waals surface area contributed by atoms with Crippen LogP contribution in [0.4, 0.5) is 5.95 Å². The van der Waals surface area contributed by atoms with E-state index < -0.39 is 0 Å². The van der Waals surface area contributed by atoms with Crippen LogP contribution in [-0.2, 0) is 7.05 Å². The molecule has 2 rings (SSSR count). The molecule has 0 atom stereocenters. The number of nitrogen functional groups attached to an aromatic ring is 1. The highest BCUT2D eigenvalue weighted by atomic mass is 79.9. The summed E-state index contributed by atoms with van der Waals surface area (Å²) >= 11 is 9.43. The number of imidazole rings is 1. The fourth-order valence-electron chi connectivity index (χ4n) is 1.53. The molecule has 0 aliphatic rings. The SMILES string of the molecule is COc1ccc(Cl)cc1-c1nc(N)n(C)c1Br. The smallest absolute Gasteiger partial charge is 0.201 e. The zero-order valence-corrected chi connectivity index (χ0v) is 11.7. The minimum Gasteiger partial charge on any atom is -0.496 e. The maximum absolute atomic E-state index is 5.99. The van der Waals surface area contributed by atoms with Crippen LogP contribution in [0, 0.1) is 0 Å². The summed E-state index contributed by atoms with van der Waals surface area (Å²) in [4.78, 5) is 4.28. The number of halogens is 2. The van der Waals surface area contributed by atoms with E-state index in [0.29, 0.717) is 22.4 Å². The van der Waals surface area contributed by atoms with Gasteiger partial charge in [-0.1, -0.05) is 11.6 Å². The number of hydrogen-bond acceptors (Lipinski definition) is 3. The highest BCUT2D eigenvalue weighted by molar-refractivity contribution is 9.10. The number of aromatic nitrogens is 2. The van der Waals surface area contributed by atoms with Crippen LogP contribution in [0.2, 0.25) is 5.02 Å². The Morgan fingerprint density at radius 2 is 2.18 bits per heavy atom. The molecule has 0 aliphatic heterocycles. The average Bonchev–Trinajstić information content (AvgIpc) is 2.57. The lowest BCUT2D eigenvalue weighted by atomic mass is 10.1. The molecule has 1 aromatic heterocycles. The Morgan fingerprint density at radius 3 is 2.71 bits per heavy atom. The molecule has 1 heterocycles. The van der Waals surface area contributed by atoms with E-state index in [4.69, 9.17) is 22.1 Å². The molecule has 90 valence electrons. The highest BCUT2D eigenvalue weighted by Gasteiger charge is 2.16. The third kappa shape index (κ3) is 2.12. The van der Waals surface area contributed by atoms with Gasteiger partial charge in [0.2, 0.25) is 5.95 Å². The summed E-state index contributed by atoms with van der Waals surface area (Å²) in [5.74, 6) is 1.13. The van der Waals surface area contributed by atoms with Gasteiger partial charge < -0.3 is 15.0 Å². The van der Waals surface area contributed by atoms with Gasteiger partial charge in [-0.15, -0.1) is 0 Å². The molecular formula is C11H11BrClN3O. The quantitative estimate of drug-likeness (QED) is 0.926. The van der Waals surface area contributed by atoms with Crippen LogP contribution in [-0.4, -0.2) is 16.7 Å². The van der Waals surface area contributed by atoms with E-state index in [0.717, 1.165) is 10.2 Å². The minimum absolute atomic E-state index is 0.425. The van der Waals surface area contributed by atoms with Crippen molar-refractivity contribution in [2.45, 2.75) is 0 Å². The van der Waals surface area contributed by atoms with Gasteiger partial charge in [0.1, 0.15) is 16.0 Å². The lowest BCUT2D eigenvalue weighted by Crippen LogP contribution is -1.96. The van der Waals surface area contributed by atoms with Gasteiger partial charge in [0.25, 0.3) is 0 Å². The van der Waals surface area contributed by atoms with Gasteiger partial charge in [-0.05, 0) is 34.1 Å². The van der Waals surface area contributed by atoms with Crippen LogP contribution in [0.5, 0.6) is 5.75 Å². The Labute approximate surface area is 112 Å². The van der Waals surface area contributed by atoms with Crippen molar-refractivity contribution in [1.29, 1.82) is 0 Å². The van der Waals surface area contributed by atoms with Gasteiger partial charge in [-0.25, -0.2) is 4.98 Å². The van der Waals surface area contributed by atoms with Crippen molar-refractivity contribution in [2.75, 3.05) is 12.8 Å². The monoisotopic (exact) mass is 315 g/mol. The first-order chi connectivity index (χ1) is 8.04. The normalized spacial score (nSPS) is 10.6. The predicted octanol–water partition coefficient (Wildman–Crippen LogP) is 3.09. The largest absolute Gasteiger partial charge is 0.496 e.